The Bertz CT molecular complexity index is 428. The van der Waals surface area contributed by atoms with Gasteiger partial charge in [0.2, 0.25) is 0 Å². The first-order valence-corrected chi connectivity index (χ1v) is 6.91. The van der Waals surface area contributed by atoms with Crippen molar-refractivity contribution in [1.82, 2.24) is 10.3 Å². The van der Waals surface area contributed by atoms with Gasteiger partial charge in [0, 0.05) is 6.54 Å². The van der Waals surface area contributed by atoms with Crippen LogP contribution in [-0.4, -0.2) is 11.5 Å². The summed E-state index contributed by atoms with van der Waals surface area (Å²) in [5, 5.41) is 7.70. The molecule has 2 aromatic heterocycles. The van der Waals surface area contributed by atoms with Crippen LogP contribution in [0.15, 0.2) is 39.6 Å². The molecule has 2 nitrogen and oxygen atoms in total. The van der Waals surface area contributed by atoms with E-state index in [1.807, 2.05) is 18.2 Å². The predicted octanol–water partition coefficient (Wildman–Crippen LogP) is 3.24. The first-order valence-electron chi connectivity index (χ1n) is 5.18. The van der Waals surface area contributed by atoms with Crippen molar-refractivity contribution in [3.8, 4) is 0 Å². The van der Waals surface area contributed by atoms with Crippen molar-refractivity contribution >= 4 is 27.3 Å². The zero-order valence-electron chi connectivity index (χ0n) is 8.82. The fraction of sp³-hybridized carbons (Fsp3) is 0.250. The van der Waals surface area contributed by atoms with Gasteiger partial charge in [0.1, 0.15) is 4.60 Å². The fourth-order valence-corrected chi connectivity index (χ4v) is 2.52. The van der Waals surface area contributed by atoms with Crippen LogP contribution < -0.4 is 5.32 Å². The van der Waals surface area contributed by atoms with Crippen LogP contribution >= 0.6 is 27.3 Å². The third kappa shape index (κ3) is 3.70. The van der Waals surface area contributed by atoms with E-state index in [1.165, 1.54) is 5.56 Å². The molecule has 2 rings (SSSR count). The van der Waals surface area contributed by atoms with Gasteiger partial charge >= 0.3 is 0 Å². The minimum absolute atomic E-state index is 0.823. The molecule has 0 aliphatic carbocycles. The van der Waals surface area contributed by atoms with E-state index in [4.69, 9.17) is 0 Å². The second kappa shape index (κ2) is 6.13. The van der Waals surface area contributed by atoms with Gasteiger partial charge in [-0.05, 0) is 63.4 Å². The fourth-order valence-electron chi connectivity index (χ4n) is 1.43. The summed E-state index contributed by atoms with van der Waals surface area (Å²) in [5.41, 5.74) is 2.47. The number of rotatable bonds is 5. The molecule has 0 saturated heterocycles. The summed E-state index contributed by atoms with van der Waals surface area (Å²) in [6.07, 6.45) is 1.08. The van der Waals surface area contributed by atoms with Crippen molar-refractivity contribution in [2.75, 3.05) is 6.54 Å². The summed E-state index contributed by atoms with van der Waals surface area (Å²) in [4.78, 5) is 4.36. The van der Waals surface area contributed by atoms with E-state index in [1.54, 1.807) is 11.3 Å². The number of aromatic nitrogens is 1. The number of nitrogens with zero attached hydrogens (tertiary/aromatic N) is 1. The summed E-state index contributed by atoms with van der Waals surface area (Å²) in [6.45, 7) is 1.81. The van der Waals surface area contributed by atoms with Crippen LogP contribution in [0.3, 0.4) is 0 Å². The van der Waals surface area contributed by atoms with E-state index in [2.05, 4.69) is 43.1 Å². The van der Waals surface area contributed by atoms with Gasteiger partial charge in [-0.25, -0.2) is 4.98 Å². The average molecular weight is 297 g/mol. The zero-order valence-corrected chi connectivity index (χ0v) is 11.2. The Morgan fingerprint density at radius 3 is 3.00 bits per heavy atom. The zero-order chi connectivity index (χ0) is 11.2. The monoisotopic (exact) mass is 296 g/mol. The van der Waals surface area contributed by atoms with Crippen molar-refractivity contribution in [3.05, 3.63) is 50.9 Å². The van der Waals surface area contributed by atoms with Crippen LogP contribution in [0.25, 0.3) is 0 Å². The summed E-state index contributed by atoms with van der Waals surface area (Å²) < 4.78 is 0.893. The third-order valence-electron chi connectivity index (χ3n) is 2.25. The molecule has 0 unspecified atom stereocenters. The lowest BCUT2D eigenvalue weighted by Crippen LogP contribution is -2.17. The molecule has 2 heterocycles. The first-order chi connectivity index (χ1) is 7.84. The van der Waals surface area contributed by atoms with E-state index in [0.717, 1.165) is 29.8 Å². The van der Waals surface area contributed by atoms with E-state index < -0.39 is 0 Å². The van der Waals surface area contributed by atoms with Gasteiger partial charge < -0.3 is 5.32 Å². The van der Waals surface area contributed by atoms with E-state index in [0.29, 0.717) is 0 Å². The van der Waals surface area contributed by atoms with E-state index >= 15 is 0 Å². The number of nitrogens with one attached hydrogen (secondary N) is 1. The van der Waals surface area contributed by atoms with Crippen LogP contribution in [0.4, 0.5) is 0 Å². The van der Waals surface area contributed by atoms with Gasteiger partial charge in [-0.3, -0.25) is 0 Å². The lowest BCUT2D eigenvalue weighted by Gasteiger charge is -2.03. The smallest absolute Gasteiger partial charge is 0.106 e. The van der Waals surface area contributed by atoms with Crippen LogP contribution in [0.1, 0.15) is 11.3 Å². The minimum Gasteiger partial charge on any atom is -0.311 e. The second-order valence-electron chi connectivity index (χ2n) is 3.51. The highest BCUT2D eigenvalue weighted by Crippen LogP contribution is 2.07. The number of halogens is 1. The molecule has 0 fully saturated rings. The highest BCUT2D eigenvalue weighted by molar-refractivity contribution is 9.10. The van der Waals surface area contributed by atoms with Crippen LogP contribution in [-0.2, 0) is 13.0 Å². The number of hydrogen-bond acceptors (Lipinski definition) is 3. The van der Waals surface area contributed by atoms with Crippen molar-refractivity contribution < 1.29 is 0 Å². The highest BCUT2D eigenvalue weighted by atomic mass is 79.9. The molecule has 0 spiro atoms. The second-order valence-corrected chi connectivity index (χ2v) is 5.10. The minimum atomic E-state index is 0.823. The van der Waals surface area contributed by atoms with E-state index in [-0.39, 0.29) is 0 Å². The Labute approximate surface area is 108 Å². The quantitative estimate of drug-likeness (QED) is 0.677. The maximum Gasteiger partial charge on any atom is 0.106 e. The van der Waals surface area contributed by atoms with Gasteiger partial charge in [0.05, 0.1) is 5.69 Å². The van der Waals surface area contributed by atoms with Gasteiger partial charge in [0.25, 0.3) is 0 Å². The molecule has 0 bridgehead atoms. The Balaban J connectivity index is 1.72. The molecule has 84 valence electrons. The molecule has 1 N–H and O–H groups in total. The standard InChI is InChI=1S/C12H13BrN2S/c13-12-3-1-2-11(15-12)8-14-6-4-10-5-7-16-9-10/h1-3,5,7,9,14H,4,6,8H2. The van der Waals surface area contributed by atoms with Gasteiger partial charge in [-0.1, -0.05) is 6.07 Å². The average Bonchev–Trinajstić information content (AvgIpc) is 2.77. The molecule has 0 radical (unpaired) electrons. The molecule has 4 heteroatoms. The van der Waals surface area contributed by atoms with Crippen LogP contribution in [0.2, 0.25) is 0 Å². The van der Waals surface area contributed by atoms with E-state index in [9.17, 15) is 0 Å². The summed E-state index contributed by atoms with van der Waals surface area (Å²) in [6, 6.07) is 8.15. The van der Waals surface area contributed by atoms with Crippen molar-refractivity contribution in [3.63, 3.8) is 0 Å². The van der Waals surface area contributed by atoms with Crippen LogP contribution in [0.5, 0.6) is 0 Å². The molecule has 0 atom stereocenters. The normalized spacial score (nSPS) is 10.6. The molecular formula is C12H13BrN2S. The first kappa shape index (κ1) is 11.8. The molecule has 2 aromatic rings. The predicted molar refractivity (Wildman–Crippen MR) is 71.7 cm³/mol. The summed E-state index contributed by atoms with van der Waals surface area (Å²) in [5.74, 6) is 0. The third-order valence-corrected chi connectivity index (χ3v) is 3.42. The van der Waals surface area contributed by atoms with Crippen molar-refractivity contribution in [2.45, 2.75) is 13.0 Å². The Hall–Kier alpha value is -0.710. The van der Waals surface area contributed by atoms with Crippen molar-refractivity contribution in [1.29, 1.82) is 0 Å². The molecule has 0 aliphatic rings. The van der Waals surface area contributed by atoms with Gasteiger partial charge in [-0.15, -0.1) is 0 Å². The number of hydrogen-bond donors (Lipinski definition) is 1. The number of pyridine rings is 1. The number of thiophene rings is 1. The maximum absolute atomic E-state index is 4.36. The molecule has 0 aliphatic heterocycles. The summed E-state index contributed by atoms with van der Waals surface area (Å²) in [7, 11) is 0. The SMILES string of the molecule is Brc1cccc(CNCCc2ccsc2)n1. The Morgan fingerprint density at radius 2 is 2.25 bits per heavy atom. The maximum atomic E-state index is 4.36. The molecule has 0 aromatic carbocycles. The largest absolute Gasteiger partial charge is 0.311 e. The van der Waals surface area contributed by atoms with Gasteiger partial charge in [-0.2, -0.15) is 11.3 Å². The van der Waals surface area contributed by atoms with Crippen molar-refractivity contribution in [2.24, 2.45) is 0 Å². The molecular weight excluding hydrogens is 284 g/mol. The molecule has 0 saturated carbocycles. The molecule has 0 amide bonds. The highest BCUT2D eigenvalue weighted by Gasteiger charge is 1.96. The summed E-state index contributed by atoms with van der Waals surface area (Å²) >= 11 is 5.11. The lowest BCUT2D eigenvalue weighted by molar-refractivity contribution is 0.674. The molecule has 16 heavy (non-hydrogen) atoms. The Kier molecular flexibility index (Phi) is 4.51. The topological polar surface area (TPSA) is 24.9 Å². The Morgan fingerprint density at radius 1 is 1.31 bits per heavy atom. The lowest BCUT2D eigenvalue weighted by atomic mass is 10.2. The van der Waals surface area contributed by atoms with Crippen LogP contribution in [0, 0.1) is 0 Å². The van der Waals surface area contributed by atoms with Gasteiger partial charge in [0.15, 0.2) is 0 Å².